The average Bonchev–Trinajstić information content (AvgIpc) is 2.98. The third-order valence-corrected chi connectivity index (χ3v) is 3.90. The fourth-order valence-corrected chi connectivity index (χ4v) is 2.87. The molecular weight excluding hydrogens is 290 g/mol. The minimum atomic E-state index is -2.67. The number of nitrogens with one attached hydrogen (secondary N) is 1. The quantitative estimate of drug-likeness (QED) is 0.915. The van der Waals surface area contributed by atoms with Gasteiger partial charge in [0.2, 0.25) is 0 Å². The molecule has 3 N–H and O–H groups in total. The highest BCUT2D eigenvalue weighted by Crippen LogP contribution is 2.33. The maximum atomic E-state index is 12.7. The first-order valence-electron chi connectivity index (χ1n) is 6.96. The van der Waals surface area contributed by atoms with Crippen molar-refractivity contribution in [3.8, 4) is 0 Å². The zero-order valence-electron chi connectivity index (χ0n) is 12.0. The number of nitrogens with two attached hydrogens (primary N) is 1. The van der Waals surface area contributed by atoms with E-state index in [0.29, 0.717) is 11.4 Å². The van der Waals surface area contributed by atoms with Gasteiger partial charge >= 0.3 is 0 Å². The molecule has 1 aliphatic rings. The number of amides is 1. The van der Waals surface area contributed by atoms with Crippen molar-refractivity contribution in [3.63, 3.8) is 0 Å². The second kappa shape index (κ2) is 5.49. The van der Waals surface area contributed by atoms with Crippen LogP contribution in [0.1, 0.15) is 46.2 Å². The summed E-state index contributed by atoms with van der Waals surface area (Å²) >= 11 is 0. The molecule has 1 aliphatic carbocycles. The first-order chi connectivity index (χ1) is 10.5. The molecular formula is C15H16F2N4O. The minimum absolute atomic E-state index is 0.0471. The van der Waals surface area contributed by atoms with E-state index in [4.69, 9.17) is 5.73 Å². The zero-order chi connectivity index (χ0) is 15.9. The van der Waals surface area contributed by atoms with Gasteiger partial charge < -0.3 is 15.6 Å². The van der Waals surface area contributed by atoms with E-state index in [-0.39, 0.29) is 17.6 Å². The molecule has 1 unspecified atom stereocenters. The van der Waals surface area contributed by atoms with Crippen LogP contribution in [0.4, 0.5) is 14.5 Å². The molecule has 1 atom stereocenters. The Kier molecular flexibility index (Phi) is 3.66. The Balaban J connectivity index is 1.87. The van der Waals surface area contributed by atoms with Gasteiger partial charge in [0.05, 0.1) is 0 Å². The van der Waals surface area contributed by atoms with Crippen LogP contribution in [0.15, 0.2) is 24.5 Å². The van der Waals surface area contributed by atoms with E-state index in [1.54, 1.807) is 11.6 Å². The van der Waals surface area contributed by atoms with Gasteiger partial charge in [0, 0.05) is 31.2 Å². The summed E-state index contributed by atoms with van der Waals surface area (Å²) in [5.41, 5.74) is 8.38. The van der Waals surface area contributed by atoms with Crippen LogP contribution >= 0.6 is 0 Å². The maximum absolute atomic E-state index is 12.7. The highest BCUT2D eigenvalue weighted by atomic mass is 19.3. The molecule has 7 heteroatoms. The summed E-state index contributed by atoms with van der Waals surface area (Å²) in [5, 5.41) is 2.65. The number of nitrogens with zero attached hydrogens (tertiary/aromatic N) is 2. The van der Waals surface area contributed by atoms with E-state index in [0.717, 1.165) is 24.0 Å². The molecule has 2 aromatic heterocycles. The van der Waals surface area contributed by atoms with Gasteiger partial charge in [0.25, 0.3) is 12.3 Å². The molecule has 0 saturated heterocycles. The van der Waals surface area contributed by atoms with Gasteiger partial charge in [-0.2, -0.15) is 0 Å². The highest BCUT2D eigenvalue weighted by Gasteiger charge is 2.28. The predicted octanol–water partition coefficient (Wildman–Crippen LogP) is 2.56. The summed E-state index contributed by atoms with van der Waals surface area (Å²) < 4.78 is 27.0. The lowest BCUT2D eigenvalue weighted by Crippen LogP contribution is -2.17. The lowest BCUT2D eigenvalue weighted by molar-refractivity contribution is 0.101. The number of rotatable bonds is 3. The van der Waals surface area contributed by atoms with Gasteiger partial charge in [-0.25, -0.2) is 8.78 Å². The SMILES string of the molecule is Cn1cc2c(c1C(=O)Nc1ccnc(C(F)F)c1)CCC2N. The van der Waals surface area contributed by atoms with Gasteiger partial charge in [0.1, 0.15) is 11.4 Å². The van der Waals surface area contributed by atoms with Crippen LogP contribution in [0, 0.1) is 0 Å². The summed E-state index contributed by atoms with van der Waals surface area (Å²) in [5.74, 6) is -0.329. The monoisotopic (exact) mass is 306 g/mol. The second-order valence-corrected chi connectivity index (χ2v) is 5.39. The molecule has 0 radical (unpaired) electrons. The molecule has 0 spiro atoms. The van der Waals surface area contributed by atoms with E-state index < -0.39 is 6.43 Å². The topological polar surface area (TPSA) is 72.9 Å². The summed E-state index contributed by atoms with van der Waals surface area (Å²) in [6.45, 7) is 0. The molecule has 0 bridgehead atoms. The Morgan fingerprint density at radius 1 is 1.55 bits per heavy atom. The third-order valence-electron chi connectivity index (χ3n) is 3.90. The predicted molar refractivity (Wildman–Crippen MR) is 77.8 cm³/mol. The van der Waals surface area contributed by atoms with E-state index in [2.05, 4.69) is 10.3 Å². The average molecular weight is 306 g/mol. The lowest BCUT2D eigenvalue weighted by atomic mass is 10.1. The van der Waals surface area contributed by atoms with Crippen molar-refractivity contribution < 1.29 is 13.6 Å². The van der Waals surface area contributed by atoms with E-state index in [1.165, 1.54) is 18.3 Å². The number of hydrogen-bond donors (Lipinski definition) is 2. The number of carbonyl (C=O) groups excluding carboxylic acids is 1. The van der Waals surface area contributed by atoms with Crippen molar-refractivity contribution in [1.29, 1.82) is 0 Å². The van der Waals surface area contributed by atoms with Crippen molar-refractivity contribution in [2.24, 2.45) is 12.8 Å². The second-order valence-electron chi connectivity index (χ2n) is 5.39. The Morgan fingerprint density at radius 3 is 3.05 bits per heavy atom. The number of pyridine rings is 1. The van der Waals surface area contributed by atoms with Gasteiger partial charge in [0.15, 0.2) is 0 Å². The van der Waals surface area contributed by atoms with E-state index >= 15 is 0 Å². The zero-order valence-corrected chi connectivity index (χ0v) is 12.0. The molecule has 2 aromatic rings. The molecule has 22 heavy (non-hydrogen) atoms. The molecule has 2 heterocycles. The fourth-order valence-electron chi connectivity index (χ4n) is 2.87. The van der Waals surface area contributed by atoms with E-state index in [1.807, 2.05) is 6.20 Å². The summed E-state index contributed by atoms with van der Waals surface area (Å²) in [6, 6.07) is 2.62. The van der Waals surface area contributed by atoms with Crippen LogP contribution in [-0.2, 0) is 13.5 Å². The highest BCUT2D eigenvalue weighted by molar-refractivity contribution is 6.04. The van der Waals surface area contributed by atoms with Crippen LogP contribution in [0.5, 0.6) is 0 Å². The molecule has 0 aromatic carbocycles. The number of aromatic nitrogens is 2. The Hall–Kier alpha value is -2.28. The number of anilines is 1. The molecule has 5 nitrogen and oxygen atoms in total. The molecule has 0 fully saturated rings. The van der Waals surface area contributed by atoms with Gasteiger partial charge in [-0.1, -0.05) is 0 Å². The Morgan fingerprint density at radius 2 is 2.32 bits per heavy atom. The maximum Gasteiger partial charge on any atom is 0.280 e. The van der Waals surface area contributed by atoms with Crippen molar-refractivity contribution in [2.45, 2.75) is 25.3 Å². The largest absolute Gasteiger partial charge is 0.346 e. The van der Waals surface area contributed by atoms with Crippen LogP contribution in [0.3, 0.4) is 0 Å². The van der Waals surface area contributed by atoms with E-state index in [9.17, 15) is 13.6 Å². The number of aryl methyl sites for hydroxylation is 1. The van der Waals surface area contributed by atoms with Crippen LogP contribution in [0.25, 0.3) is 0 Å². The van der Waals surface area contributed by atoms with Crippen molar-refractivity contribution in [3.05, 3.63) is 47.0 Å². The van der Waals surface area contributed by atoms with Crippen LogP contribution in [0.2, 0.25) is 0 Å². The Bertz CT molecular complexity index is 726. The number of halogens is 2. The number of fused-ring (bicyclic) bond motifs is 1. The number of alkyl halides is 2. The molecule has 116 valence electrons. The van der Waals surface area contributed by atoms with Crippen molar-refractivity contribution in [2.75, 3.05) is 5.32 Å². The van der Waals surface area contributed by atoms with Crippen LogP contribution < -0.4 is 11.1 Å². The minimum Gasteiger partial charge on any atom is -0.346 e. The van der Waals surface area contributed by atoms with Crippen molar-refractivity contribution in [1.82, 2.24) is 9.55 Å². The standard InChI is InChI=1S/C15H16F2N4O/c1-21-7-10-9(2-3-11(10)18)13(21)15(22)20-8-4-5-19-12(6-8)14(16)17/h4-7,11,14H,2-3,18H2,1H3,(H,19,20,22). The third kappa shape index (κ3) is 2.48. The Labute approximate surface area is 126 Å². The molecule has 0 saturated carbocycles. The van der Waals surface area contributed by atoms with Gasteiger partial charge in [-0.15, -0.1) is 0 Å². The van der Waals surface area contributed by atoms with Crippen LogP contribution in [-0.4, -0.2) is 15.5 Å². The first-order valence-corrected chi connectivity index (χ1v) is 6.96. The fraction of sp³-hybridized carbons (Fsp3) is 0.333. The smallest absolute Gasteiger partial charge is 0.280 e. The molecule has 3 rings (SSSR count). The van der Waals surface area contributed by atoms with Gasteiger partial charge in [-0.3, -0.25) is 9.78 Å². The van der Waals surface area contributed by atoms with Gasteiger partial charge in [-0.05, 0) is 36.1 Å². The summed E-state index contributed by atoms with van der Waals surface area (Å²) in [7, 11) is 1.77. The lowest BCUT2D eigenvalue weighted by Gasteiger charge is -2.09. The normalized spacial score (nSPS) is 16.9. The number of hydrogen-bond acceptors (Lipinski definition) is 3. The summed E-state index contributed by atoms with van der Waals surface area (Å²) in [6.07, 6.45) is 2.01. The molecule has 0 aliphatic heterocycles. The first kappa shape index (κ1) is 14.6. The van der Waals surface area contributed by atoms with Crippen molar-refractivity contribution >= 4 is 11.6 Å². The summed E-state index contributed by atoms with van der Waals surface area (Å²) in [4.78, 5) is 16.0. The molecule has 1 amide bonds. The number of carbonyl (C=O) groups is 1.